The number of aliphatic hydroxyl groups excluding tert-OH is 1. The molecule has 1 aliphatic heterocycles. The number of H-pyrrole nitrogens is 1. The monoisotopic (exact) mass is 491 g/mol. The topological polar surface area (TPSA) is 132 Å². The van der Waals surface area contributed by atoms with Crippen LogP contribution in [-0.2, 0) is 16.0 Å². The highest BCUT2D eigenvalue weighted by Gasteiger charge is 2.24. The third-order valence-electron chi connectivity index (χ3n) is 5.32. The molecule has 0 radical (unpaired) electrons. The molecule has 2 atom stereocenters. The summed E-state index contributed by atoms with van der Waals surface area (Å²) in [5, 5.41) is 11.5. The second-order valence-corrected chi connectivity index (χ2v) is 7.74. The van der Waals surface area contributed by atoms with Crippen molar-refractivity contribution in [2.24, 2.45) is 0 Å². The van der Waals surface area contributed by atoms with Crippen LogP contribution in [0.15, 0.2) is 35.1 Å². The molecular formula is C23H23F2N3O7. The Bertz CT molecular complexity index is 1280. The van der Waals surface area contributed by atoms with Crippen molar-refractivity contribution in [2.45, 2.75) is 18.8 Å². The minimum atomic E-state index is -0.780. The molecule has 186 valence electrons. The van der Waals surface area contributed by atoms with E-state index in [-0.39, 0.29) is 61.2 Å². The number of carbonyl (C=O) groups excluding carboxylic acids is 1. The zero-order valence-corrected chi connectivity index (χ0v) is 18.7. The first-order valence-corrected chi connectivity index (χ1v) is 10.7. The van der Waals surface area contributed by atoms with E-state index < -0.39 is 35.3 Å². The first-order chi connectivity index (χ1) is 16.9. The smallest absolute Gasteiger partial charge is 0.287 e. The highest BCUT2D eigenvalue weighted by molar-refractivity contribution is 5.93. The molecule has 1 amide bonds. The van der Waals surface area contributed by atoms with Crippen molar-refractivity contribution in [2.75, 3.05) is 33.5 Å². The van der Waals surface area contributed by atoms with Crippen LogP contribution in [0.2, 0.25) is 0 Å². The van der Waals surface area contributed by atoms with Gasteiger partial charge in [-0.1, -0.05) is 6.07 Å². The first kappa shape index (κ1) is 24.5. The molecule has 10 nitrogen and oxygen atoms in total. The van der Waals surface area contributed by atoms with Crippen LogP contribution in [0.4, 0.5) is 8.78 Å². The summed E-state index contributed by atoms with van der Waals surface area (Å²) >= 11 is 0. The van der Waals surface area contributed by atoms with Gasteiger partial charge in [-0.3, -0.25) is 9.59 Å². The Labute approximate surface area is 197 Å². The summed E-state index contributed by atoms with van der Waals surface area (Å²) in [7, 11) is 1.33. The van der Waals surface area contributed by atoms with Gasteiger partial charge in [-0.15, -0.1) is 0 Å². The largest absolute Gasteiger partial charge is 0.494 e. The van der Waals surface area contributed by atoms with Gasteiger partial charge in [-0.2, -0.15) is 0 Å². The summed E-state index contributed by atoms with van der Waals surface area (Å²) in [5.74, 6) is -2.59. The number of rotatable bonds is 8. The van der Waals surface area contributed by atoms with Crippen molar-refractivity contribution in [1.29, 1.82) is 0 Å². The molecule has 35 heavy (non-hydrogen) atoms. The normalized spacial score (nSPS) is 17.8. The lowest BCUT2D eigenvalue weighted by Gasteiger charge is -2.28. The van der Waals surface area contributed by atoms with Crippen molar-refractivity contribution >= 4 is 16.8 Å². The highest BCUT2D eigenvalue weighted by Crippen LogP contribution is 2.26. The molecule has 12 heteroatoms. The Morgan fingerprint density at radius 1 is 1.20 bits per heavy atom. The second-order valence-electron chi connectivity index (χ2n) is 7.74. The molecule has 1 aromatic heterocycles. The van der Waals surface area contributed by atoms with E-state index in [0.29, 0.717) is 5.56 Å². The number of halogens is 2. The predicted molar refractivity (Wildman–Crippen MR) is 119 cm³/mol. The van der Waals surface area contributed by atoms with Gasteiger partial charge in [-0.05, 0) is 29.8 Å². The van der Waals surface area contributed by atoms with Crippen LogP contribution < -0.4 is 20.3 Å². The van der Waals surface area contributed by atoms with Crippen molar-refractivity contribution in [3.63, 3.8) is 0 Å². The summed E-state index contributed by atoms with van der Waals surface area (Å²) in [5.41, 5.74) is -0.143. The highest BCUT2D eigenvalue weighted by atomic mass is 19.1. The number of nitrogens with zero attached hydrogens (tertiary/aromatic N) is 1. The molecule has 3 N–H and O–H groups in total. The van der Waals surface area contributed by atoms with Crippen LogP contribution in [0.25, 0.3) is 10.9 Å². The number of aliphatic hydroxyl groups is 1. The Morgan fingerprint density at radius 3 is 2.66 bits per heavy atom. The Kier molecular flexibility index (Phi) is 7.54. The van der Waals surface area contributed by atoms with Crippen LogP contribution >= 0.6 is 0 Å². The number of benzene rings is 2. The number of hydrogen-bond acceptors (Lipinski definition) is 8. The number of aromatic amines is 1. The molecule has 2 unspecified atom stereocenters. The molecule has 4 rings (SSSR count). The number of ether oxygens (including phenoxy) is 4. The number of nitrogens with one attached hydrogen (secondary N) is 2. The minimum Gasteiger partial charge on any atom is -0.494 e. The first-order valence-electron chi connectivity index (χ1n) is 10.7. The van der Waals surface area contributed by atoms with E-state index in [1.807, 2.05) is 0 Å². The molecule has 0 spiro atoms. The van der Waals surface area contributed by atoms with Crippen LogP contribution in [0.1, 0.15) is 16.2 Å². The summed E-state index contributed by atoms with van der Waals surface area (Å²) < 4.78 is 49.4. The minimum absolute atomic E-state index is 0.0234. The summed E-state index contributed by atoms with van der Waals surface area (Å²) in [6, 6.07) is 6.47. The summed E-state index contributed by atoms with van der Waals surface area (Å²) in [4.78, 5) is 31.8. The fourth-order valence-corrected chi connectivity index (χ4v) is 3.47. The average molecular weight is 491 g/mol. The Morgan fingerprint density at radius 2 is 1.94 bits per heavy atom. The van der Waals surface area contributed by atoms with Crippen molar-refractivity contribution in [3.8, 4) is 11.5 Å². The fraction of sp³-hybridized carbons (Fsp3) is 0.348. The number of carbonyl (C=O) groups is 1. The lowest BCUT2D eigenvalue weighted by Crippen LogP contribution is -2.40. The van der Waals surface area contributed by atoms with Gasteiger partial charge in [0.05, 0.1) is 32.4 Å². The standard InChI is InChI=1S/C23H23F2N3O7/c1-32-18-6-12(2-3-15(18)24)7-26-23(31)21-27-17-5-4-16(25)20(19(17)22(30)28-21)35-11-14-10-33-13(8-29)9-34-14/h2-6,13-14,29H,7-11H2,1H3,(H,26,31)(H,27,28,30). The maximum Gasteiger partial charge on any atom is 0.287 e. The van der Waals surface area contributed by atoms with Crippen molar-refractivity contribution in [3.05, 3.63) is 63.7 Å². The molecule has 0 bridgehead atoms. The Hall–Kier alpha value is -3.61. The summed E-state index contributed by atoms with van der Waals surface area (Å²) in [6.07, 6.45) is -0.947. The van der Waals surface area contributed by atoms with Gasteiger partial charge in [0.2, 0.25) is 0 Å². The van der Waals surface area contributed by atoms with Gasteiger partial charge in [0, 0.05) is 6.54 Å². The lowest BCUT2D eigenvalue weighted by molar-refractivity contribution is -0.153. The molecule has 1 fully saturated rings. The third-order valence-corrected chi connectivity index (χ3v) is 5.32. The van der Waals surface area contributed by atoms with Gasteiger partial charge >= 0.3 is 0 Å². The molecule has 0 saturated carbocycles. The predicted octanol–water partition coefficient (Wildman–Crippen LogP) is 1.29. The van der Waals surface area contributed by atoms with Crippen LogP contribution in [-0.4, -0.2) is 66.7 Å². The molecule has 2 aromatic carbocycles. The van der Waals surface area contributed by atoms with E-state index in [0.717, 1.165) is 6.07 Å². The Balaban J connectivity index is 1.49. The third kappa shape index (κ3) is 5.56. The van der Waals surface area contributed by atoms with E-state index in [2.05, 4.69) is 15.3 Å². The number of aromatic nitrogens is 2. The van der Waals surface area contributed by atoms with E-state index >= 15 is 0 Å². The van der Waals surface area contributed by atoms with Crippen LogP contribution in [0.5, 0.6) is 11.5 Å². The maximum absolute atomic E-state index is 14.5. The number of methoxy groups -OCH3 is 1. The van der Waals surface area contributed by atoms with E-state index in [4.69, 9.17) is 24.1 Å². The molecule has 0 aliphatic carbocycles. The van der Waals surface area contributed by atoms with Gasteiger partial charge in [0.25, 0.3) is 11.5 Å². The van der Waals surface area contributed by atoms with E-state index in [1.54, 1.807) is 0 Å². The van der Waals surface area contributed by atoms with Crippen molar-refractivity contribution in [1.82, 2.24) is 15.3 Å². The summed E-state index contributed by atoms with van der Waals surface area (Å²) in [6.45, 7) is 0.0392. The number of fused-ring (bicyclic) bond motifs is 1. The fourth-order valence-electron chi connectivity index (χ4n) is 3.47. The SMILES string of the molecule is COc1cc(CNC(=O)c2nc3ccc(F)c(OCC4COC(CO)CO4)c3c(=O)[nH]2)ccc1F. The van der Waals surface area contributed by atoms with Gasteiger partial charge in [0.15, 0.2) is 29.0 Å². The van der Waals surface area contributed by atoms with E-state index in [1.165, 1.54) is 31.4 Å². The molecule has 1 saturated heterocycles. The van der Waals surface area contributed by atoms with Gasteiger partial charge in [-0.25, -0.2) is 13.8 Å². The van der Waals surface area contributed by atoms with Crippen molar-refractivity contribution < 1.29 is 37.6 Å². The average Bonchev–Trinajstić information content (AvgIpc) is 2.87. The van der Waals surface area contributed by atoms with Gasteiger partial charge in [0.1, 0.15) is 24.2 Å². The molecular weight excluding hydrogens is 468 g/mol. The van der Waals surface area contributed by atoms with E-state index in [9.17, 15) is 18.4 Å². The van der Waals surface area contributed by atoms with Gasteiger partial charge < -0.3 is 34.4 Å². The zero-order chi connectivity index (χ0) is 24.9. The maximum atomic E-state index is 14.5. The lowest BCUT2D eigenvalue weighted by atomic mass is 10.2. The van der Waals surface area contributed by atoms with Crippen LogP contribution in [0, 0.1) is 11.6 Å². The number of hydrogen-bond donors (Lipinski definition) is 3. The second kappa shape index (κ2) is 10.8. The van der Waals surface area contributed by atoms with Crippen LogP contribution in [0.3, 0.4) is 0 Å². The molecule has 1 aliphatic rings. The quantitative estimate of drug-likeness (QED) is 0.430. The number of amides is 1. The zero-order valence-electron chi connectivity index (χ0n) is 18.7. The molecule has 3 aromatic rings. The molecule has 2 heterocycles.